The molecule has 0 aliphatic carbocycles. The van der Waals surface area contributed by atoms with Gasteiger partial charge in [0.05, 0.1) is 24.5 Å². The smallest absolute Gasteiger partial charge is 0.312 e. The molecule has 2 unspecified atom stereocenters. The van der Waals surface area contributed by atoms with Crippen LogP contribution in [0.2, 0.25) is 0 Å². The molecule has 1 aliphatic rings. The molecule has 0 spiro atoms. The zero-order chi connectivity index (χ0) is 32.1. The first-order valence-electron chi connectivity index (χ1n) is 15.2. The standard InChI is InChI=1S/C34H59NO6/c1-29(2,3)23-34(12,32(9,10)31(7,8)24-33(11,27(38)40-13)30(4,5)6)28(39)41-22-17-15-14-16-21-35-25(36)19-18-20-26(35)37/h18-19H,14-17,20-24H2,1-13H3. The van der Waals surface area contributed by atoms with Crippen LogP contribution in [0.4, 0.5) is 0 Å². The van der Waals surface area contributed by atoms with E-state index >= 15 is 0 Å². The number of esters is 2. The summed E-state index contributed by atoms with van der Waals surface area (Å²) in [7, 11) is 1.44. The number of nitrogens with zero attached hydrogens (tertiary/aromatic N) is 1. The highest BCUT2D eigenvalue weighted by Crippen LogP contribution is 2.61. The van der Waals surface area contributed by atoms with Crippen LogP contribution in [0, 0.1) is 32.5 Å². The second-order valence-electron chi connectivity index (χ2n) is 15.9. The van der Waals surface area contributed by atoms with Crippen LogP contribution in [0.25, 0.3) is 0 Å². The van der Waals surface area contributed by atoms with E-state index in [0.717, 1.165) is 19.3 Å². The molecule has 0 saturated carbocycles. The molecule has 0 aromatic carbocycles. The number of hydrogen-bond donors (Lipinski definition) is 0. The molecule has 0 radical (unpaired) electrons. The maximum absolute atomic E-state index is 14.0. The highest BCUT2D eigenvalue weighted by atomic mass is 16.5. The maximum Gasteiger partial charge on any atom is 0.312 e. The molecule has 1 aliphatic heterocycles. The van der Waals surface area contributed by atoms with Gasteiger partial charge in [-0.15, -0.1) is 0 Å². The summed E-state index contributed by atoms with van der Waals surface area (Å²) < 4.78 is 11.3. The van der Waals surface area contributed by atoms with Gasteiger partial charge in [-0.05, 0) is 67.6 Å². The molecular weight excluding hydrogens is 518 g/mol. The van der Waals surface area contributed by atoms with Crippen molar-refractivity contribution in [1.29, 1.82) is 0 Å². The van der Waals surface area contributed by atoms with Crippen LogP contribution in [0.1, 0.15) is 128 Å². The summed E-state index contributed by atoms with van der Waals surface area (Å²) in [6, 6.07) is 0. The van der Waals surface area contributed by atoms with Crippen LogP contribution in [-0.2, 0) is 28.7 Å². The summed E-state index contributed by atoms with van der Waals surface area (Å²) in [6.07, 6.45) is 7.65. The Morgan fingerprint density at radius 1 is 0.780 bits per heavy atom. The molecule has 0 saturated heterocycles. The van der Waals surface area contributed by atoms with E-state index in [1.54, 1.807) is 6.08 Å². The van der Waals surface area contributed by atoms with Crippen LogP contribution in [0.15, 0.2) is 12.2 Å². The summed E-state index contributed by atoms with van der Waals surface area (Å²) in [5.74, 6) is -0.838. The zero-order valence-electron chi connectivity index (χ0n) is 28.4. The lowest BCUT2D eigenvalue weighted by molar-refractivity contribution is -0.181. The van der Waals surface area contributed by atoms with Gasteiger partial charge in [-0.2, -0.15) is 0 Å². The van der Waals surface area contributed by atoms with E-state index in [4.69, 9.17) is 9.47 Å². The van der Waals surface area contributed by atoms with Crippen molar-refractivity contribution in [2.75, 3.05) is 20.3 Å². The number of ether oxygens (including phenoxy) is 2. The lowest BCUT2D eigenvalue weighted by Crippen LogP contribution is -2.55. The highest BCUT2D eigenvalue weighted by Gasteiger charge is 2.60. The molecule has 41 heavy (non-hydrogen) atoms. The summed E-state index contributed by atoms with van der Waals surface area (Å²) in [4.78, 5) is 52.2. The molecule has 1 rings (SSSR count). The molecule has 7 heteroatoms. The van der Waals surface area contributed by atoms with Crippen molar-refractivity contribution in [2.24, 2.45) is 32.5 Å². The number of unbranched alkanes of at least 4 members (excludes halogenated alkanes) is 3. The van der Waals surface area contributed by atoms with E-state index in [-0.39, 0.29) is 41.0 Å². The van der Waals surface area contributed by atoms with Crippen LogP contribution in [-0.4, -0.2) is 48.9 Å². The molecule has 0 aromatic rings. The van der Waals surface area contributed by atoms with Gasteiger partial charge >= 0.3 is 11.9 Å². The van der Waals surface area contributed by atoms with E-state index in [1.807, 2.05) is 13.8 Å². The van der Waals surface area contributed by atoms with Crippen LogP contribution in [0.3, 0.4) is 0 Å². The topological polar surface area (TPSA) is 90.0 Å². The van der Waals surface area contributed by atoms with Gasteiger partial charge in [0.1, 0.15) is 0 Å². The van der Waals surface area contributed by atoms with Crippen molar-refractivity contribution in [3.63, 3.8) is 0 Å². The van der Waals surface area contributed by atoms with Gasteiger partial charge in [0.15, 0.2) is 0 Å². The molecule has 236 valence electrons. The molecule has 2 amide bonds. The van der Waals surface area contributed by atoms with E-state index < -0.39 is 21.7 Å². The molecule has 0 bridgehead atoms. The number of hydrogen-bond acceptors (Lipinski definition) is 6. The van der Waals surface area contributed by atoms with Gasteiger partial charge in [-0.25, -0.2) is 0 Å². The Labute approximate surface area is 250 Å². The van der Waals surface area contributed by atoms with Gasteiger partial charge in [0.25, 0.3) is 5.91 Å². The van der Waals surface area contributed by atoms with E-state index in [9.17, 15) is 19.2 Å². The number of imide groups is 1. The van der Waals surface area contributed by atoms with E-state index in [1.165, 1.54) is 18.1 Å². The van der Waals surface area contributed by atoms with Gasteiger partial charge in [0.2, 0.25) is 5.91 Å². The minimum Gasteiger partial charge on any atom is -0.469 e. The minimum atomic E-state index is -0.813. The number of rotatable bonds is 14. The number of carbonyl (C=O) groups excluding carboxylic acids is 4. The molecule has 0 fully saturated rings. The van der Waals surface area contributed by atoms with Crippen molar-refractivity contribution < 1.29 is 28.7 Å². The van der Waals surface area contributed by atoms with E-state index in [2.05, 4.69) is 69.2 Å². The fourth-order valence-corrected chi connectivity index (χ4v) is 6.20. The summed E-state index contributed by atoms with van der Waals surface area (Å²) in [5, 5.41) is 0. The maximum atomic E-state index is 14.0. The lowest BCUT2D eigenvalue weighted by Gasteiger charge is -2.56. The molecule has 0 aromatic heterocycles. The van der Waals surface area contributed by atoms with Gasteiger partial charge in [0, 0.05) is 19.0 Å². The zero-order valence-corrected chi connectivity index (χ0v) is 28.4. The SMILES string of the molecule is COC(=O)C(C)(CC(C)(C)C(C)(C)C(C)(CC(C)(C)C)C(=O)OCCCCCCN1C(=O)C=CCC1=O)C(C)(C)C. The van der Waals surface area contributed by atoms with Gasteiger partial charge in [-0.3, -0.25) is 24.1 Å². The molecule has 7 nitrogen and oxygen atoms in total. The summed E-state index contributed by atoms with van der Waals surface area (Å²) >= 11 is 0. The van der Waals surface area contributed by atoms with Crippen molar-refractivity contribution in [1.82, 2.24) is 4.90 Å². The average Bonchev–Trinajstić information content (AvgIpc) is 2.81. The van der Waals surface area contributed by atoms with Crippen LogP contribution in [0.5, 0.6) is 0 Å². The van der Waals surface area contributed by atoms with Crippen LogP contribution >= 0.6 is 0 Å². The number of carbonyl (C=O) groups is 4. The third-order valence-corrected chi connectivity index (χ3v) is 10.1. The first kappa shape index (κ1) is 36.8. The predicted molar refractivity (Wildman–Crippen MR) is 164 cm³/mol. The van der Waals surface area contributed by atoms with Crippen molar-refractivity contribution >= 4 is 23.8 Å². The third kappa shape index (κ3) is 8.67. The normalized spacial score (nSPS) is 18.1. The Balaban J connectivity index is 3.00. The summed E-state index contributed by atoms with van der Waals surface area (Å²) in [6.45, 7) is 25.9. The first-order valence-corrected chi connectivity index (χ1v) is 15.2. The van der Waals surface area contributed by atoms with Crippen molar-refractivity contribution in [2.45, 2.75) is 128 Å². The Bertz CT molecular complexity index is 980. The molecule has 1 heterocycles. The van der Waals surface area contributed by atoms with E-state index in [0.29, 0.717) is 32.4 Å². The third-order valence-electron chi connectivity index (χ3n) is 10.1. The largest absolute Gasteiger partial charge is 0.469 e. The minimum absolute atomic E-state index is 0.130. The fourth-order valence-electron chi connectivity index (χ4n) is 6.20. The second kappa shape index (κ2) is 13.4. The molecule has 2 atom stereocenters. The Morgan fingerprint density at radius 3 is 1.83 bits per heavy atom. The first-order chi connectivity index (χ1) is 18.5. The van der Waals surface area contributed by atoms with Gasteiger partial charge in [-0.1, -0.05) is 81.7 Å². The quantitative estimate of drug-likeness (QED) is 0.121. The Morgan fingerprint density at radius 2 is 1.34 bits per heavy atom. The monoisotopic (exact) mass is 577 g/mol. The molecule has 0 N–H and O–H groups in total. The van der Waals surface area contributed by atoms with Crippen molar-refractivity contribution in [3.8, 4) is 0 Å². The average molecular weight is 578 g/mol. The Kier molecular flexibility index (Phi) is 12.1. The second-order valence-corrected chi connectivity index (χ2v) is 15.9. The fraction of sp³-hybridized carbons (Fsp3) is 0.824. The van der Waals surface area contributed by atoms with Gasteiger partial charge < -0.3 is 9.47 Å². The highest BCUT2D eigenvalue weighted by molar-refractivity contribution is 6.04. The lowest BCUT2D eigenvalue weighted by atomic mass is 9.47. The molecular formula is C34H59NO6. The van der Waals surface area contributed by atoms with Crippen molar-refractivity contribution in [3.05, 3.63) is 12.2 Å². The number of amides is 2. The summed E-state index contributed by atoms with van der Waals surface area (Å²) in [5.41, 5.74) is -3.01. The Hall–Kier alpha value is -2.18. The number of methoxy groups -OCH3 is 1. The predicted octanol–water partition coefficient (Wildman–Crippen LogP) is 7.52. The van der Waals surface area contributed by atoms with Crippen LogP contribution < -0.4 is 0 Å².